The van der Waals surface area contributed by atoms with E-state index in [-0.39, 0.29) is 5.69 Å². The molecule has 6 nitrogen and oxygen atoms in total. The predicted molar refractivity (Wildman–Crippen MR) is 80.6 cm³/mol. The van der Waals surface area contributed by atoms with Gasteiger partial charge in [-0.2, -0.15) is 0 Å². The molecule has 0 aromatic carbocycles. The first kappa shape index (κ1) is 14.2. The Morgan fingerprint density at radius 2 is 2.14 bits per heavy atom. The Labute approximate surface area is 127 Å². The first-order valence-electron chi connectivity index (χ1n) is 7.19. The van der Waals surface area contributed by atoms with Gasteiger partial charge in [0.15, 0.2) is 5.69 Å². The molecule has 1 aliphatic heterocycles. The van der Waals surface area contributed by atoms with Gasteiger partial charge in [0.25, 0.3) is 0 Å². The molecular weight excluding hydrogens is 288 g/mol. The van der Waals surface area contributed by atoms with Gasteiger partial charge in [-0.15, -0.1) is 16.4 Å². The molecule has 21 heavy (non-hydrogen) atoms. The van der Waals surface area contributed by atoms with Gasteiger partial charge in [-0.3, -0.25) is 0 Å². The Kier molecular flexibility index (Phi) is 4.31. The molecule has 0 amide bonds. The summed E-state index contributed by atoms with van der Waals surface area (Å²) in [5.41, 5.74) is 0.664. The van der Waals surface area contributed by atoms with Crippen molar-refractivity contribution in [3.63, 3.8) is 0 Å². The zero-order chi connectivity index (χ0) is 14.7. The van der Waals surface area contributed by atoms with Gasteiger partial charge < -0.3 is 10.0 Å². The molecule has 1 N–H and O–H groups in total. The summed E-state index contributed by atoms with van der Waals surface area (Å²) < 4.78 is 1.73. The molecule has 3 rings (SSSR count). The molecule has 0 atom stereocenters. The van der Waals surface area contributed by atoms with Crippen LogP contribution in [0.25, 0.3) is 10.6 Å². The lowest BCUT2D eigenvalue weighted by Crippen LogP contribution is -2.21. The second-order valence-electron chi connectivity index (χ2n) is 5.19. The van der Waals surface area contributed by atoms with Gasteiger partial charge in [-0.05, 0) is 50.3 Å². The zero-order valence-electron chi connectivity index (χ0n) is 11.7. The highest BCUT2D eigenvalue weighted by atomic mass is 32.1. The number of carbonyl (C=O) groups is 1. The van der Waals surface area contributed by atoms with Gasteiger partial charge >= 0.3 is 5.97 Å². The molecule has 0 radical (unpaired) electrons. The van der Waals surface area contributed by atoms with E-state index < -0.39 is 5.97 Å². The number of carboxylic acids is 1. The average Bonchev–Trinajstić information content (AvgIpc) is 3.20. The minimum Gasteiger partial charge on any atom is -0.476 e. The van der Waals surface area contributed by atoms with E-state index in [4.69, 9.17) is 0 Å². The molecule has 0 saturated carbocycles. The van der Waals surface area contributed by atoms with E-state index in [1.54, 1.807) is 4.68 Å². The lowest BCUT2D eigenvalue weighted by atomic mass is 10.2. The fourth-order valence-corrected chi connectivity index (χ4v) is 3.50. The van der Waals surface area contributed by atoms with Crippen molar-refractivity contribution in [2.45, 2.75) is 25.8 Å². The molecule has 2 aromatic heterocycles. The van der Waals surface area contributed by atoms with Crippen LogP contribution in [0.2, 0.25) is 0 Å². The summed E-state index contributed by atoms with van der Waals surface area (Å²) in [5, 5.41) is 19.0. The van der Waals surface area contributed by atoms with Crippen LogP contribution < -0.4 is 0 Å². The van der Waals surface area contributed by atoms with E-state index in [2.05, 4.69) is 15.2 Å². The number of aromatic carboxylic acids is 1. The van der Waals surface area contributed by atoms with E-state index in [1.807, 2.05) is 17.5 Å². The smallest absolute Gasteiger partial charge is 0.358 e. The van der Waals surface area contributed by atoms with Crippen LogP contribution in [0.4, 0.5) is 0 Å². The molecule has 112 valence electrons. The molecule has 1 saturated heterocycles. The Morgan fingerprint density at radius 3 is 2.81 bits per heavy atom. The monoisotopic (exact) mass is 306 g/mol. The first-order chi connectivity index (χ1) is 10.3. The Morgan fingerprint density at radius 1 is 1.33 bits per heavy atom. The van der Waals surface area contributed by atoms with Crippen molar-refractivity contribution in [2.75, 3.05) is 19.6 Å². The van der Waals surface area contributed by atoms with Gasteiger partial charge in [-0.25, -0.2) is 9.48 Å². The topological polar surface area (TPSA) is 71.2 Å². The van der Waals surface area contributed by atoms with Gasteiger partial charge in [0, 0.05) is 6.54 Å². The van der Waals surface area contributed by atoms with Crippen LogP contribution >= 0.6 is 11.3 Å². The number of aromatic nitrogens is 3. The predicted octanol–water partition coefficient (Wildman–Crippen LogP) is 2.19. The maximum Gasteiger partial charge on any atom is 0.358 e. The Bertz CT molecular complexity index is 603. The number of rotatable bonds is 6. The molecule has 1 fully saturated rings. The number of likely N-dealkylation sites (tertiary alicyclic amines) is 1. The van der Waals surface area contributed by atoms with Crippen LogP contribution in [-0.4, -0.2) is 50.6 Å². The summed E-state index contributed by atoms with van der Waals surface area (Å²) in [5.74, 6) is -1.02. The fourth-order valence-electron chi connectivity index (χ4n) is 2.72. The molecule has 3 heterocycles. The van der Waals surface area contributed by atoms with Crippen LogP contribution in [0.5, 0.6) is 0 Å². The highest BCUT2D eigenvalue weighted by molar-refractivity contribution is 7.13. The Balaban J connectivity index is 1.73. The van der Waals surface area contributed by atoms with Crippen molar-refractivity contribution in [3.05, 3.63) is 23.2 Å². The van der Waals surface area contributed by atoms with Crippen molar-refractivity contribution in [3.8, 4) is 10.6 Å². The third-order valence-corrected chi connectivity index (χ3v) is 4.61. The fraction of sp³-hybridized carbons (Fsp3) is 0.500. The normalized spacial score (nSPS) is 15.6. The molecule has 2 aromatic rings. The third-order valence-electron chi connectivity index (χ3n) is 3.74. The lowest BCUT2D eigenvalue weighted by Gasteiger charge is -2.14. The van der Waals surface area contributed by atoms with E-state index in [1.165, 1.54) is 37.3 Å². The van der Waals surface area contributed by atoms with Crippen molar-refractivity contribution in [2.24, 2.45) is 0 Å². The molecule has 0 unspecified atom stereocenters. The Hall–Kier alpha value is -1.73. The highest BCUT2D eigenvalue weighted by Crippen LogP contribution is 2.27. The number of hydrogen-bond acceptors (Lipinski definition) is 5. The standard InChI is InChI=1S/C14H18N4O2S/c19-14(20)12-13(11-5-3-10-21-11)18(16-15-12)9-4-8-17-6-1-2-7-17/h3,5,10H,1-2,4,6-9H2,(H,19,20). The first-order valence-corrected chi connectivity index (χ1v) is 8.06. The summed E-state index contributed by atoms with van der Waals surface area (Å²) in [6.45, 7) is 4.08. The number of thiophene rings is 1. The van der Waals surface area contributed by atoms with Crippen molar-refractivity contribution >= 4 is 17.3 Å². The van der Waals surface area contributed by atoms with Crippen molar-refractivity contribution in [1.29, 1.82) is 0 Å². The highest BCUT2D eigenvalue weighted by Gasteiger charge is 2.21. The maximum atomic E-state index is 11.3. The van der Waals surface area contributed by atoms with Gasteiger partial charge in [0.05, 0.1) is 4.88 Å². The van der Waals surface area contributed by atoms with E-state index in [0.717, 1.165) is 17.8 Å². The second-order valence-corrected chi connectivity index (χ2v) is 6.14. The summed E-state index contributed by atoms with van der Waals surface area (Å²) in [6, 6.07) is 3.82. The molecular formula is C14H18N4O2S. The minimum absolute atomic E-state index is 0.0404. The number of aryl methyl sites for hydroxylation is 1. The van der Waals surface area contributed by atoms with Crippen LogP contribution in [0.3, 0.4) is 0 Å². The summed E-state index contributed by atoms with van der Waals surface area (Å²) in [7, 11) is 0. The average molecular weight is 306 g/mol. The van der Waals surface area contributed by atoms with E-state index in [0.29, 0.717) is 12.2 Å². The van der Waals surface area contributed by atoms with Crippen LogP contribution in [-0.2, 0) is 6.54 Å². The second kappa shape index (κ2) is 6.36. The third kappa shape index (κ3) is 3.14. The summed E-state index contributed by atoms with van der Waals surface area (Å²) in [4.78, 5) is 14.6. The summed E-state index contributed by atoms with van der Waals surface area (Å²) >= 11 is 1.51. The molecule has 0 spiro atoms. The van der Waals surface area contributed by atoms with Crippen molar-refractivity contribution in [1.82, 2.24) is 19.9 Å². The zero-order valence-corrected chi connectivity index (χ0v) is 12.6. The van der Waals surface area contributed by atoms with Crippen LogP contribution in [0.15, 0.2) is 17.5 Å². The number of hydrogen-bond donors (Lipinski definition) is 1. The largest absolute Gasteiger partial charge is 0.476 e. The van der Waals surface area contributed by atoms with Gasteiger partial charge in [-0.1, -0.05) is 11.3 Å². The summed E-state index contributed by atoms with van der Waals surface area (Å²) in [6.07, 6.45) is 3.53. The lowest BCUT2D eigenvalue weighted by molar-refractivity contribution is 0.0691. The number of carboxylic acid groups (broad SMARTS) is 1. The molecule has 1 aliphatic rings. The minimum atomic E-state index is -1.02. The van der Waals surface area contributed by atoms with Gasteiger partial charge in [0.1, 0.15) is 5.69 Å². The van der Waals surface area contributed by atoms with Gasteiger partial charge in [0.2, 0.25) is 0 Å². The maximum absolute atomic E-state index is 11.3. The van der Waals surface area contributed by atoms with E-state index >= 15 is 0 Å². The van der Waals surface area contributed by atoms with E-state index in [9.17, 15) is 9.90 Å². The van der Waals surface area contributed by atoms with Crippen molar-refractivity contribution < 1.29 is 9.90 Å². The number of nitrogens with zero attached hydrogens (tertiary/aromatic N) is 4. The quantitative estimate of drug-likeness (QED) is 0.886. The van der Waals surface area contributed by atoms with Crippen LogP contribution in [0.1, 0.15) is 29.8 Å². The molecule has 0 bridgehead atoms. The van der Waals surface area contributed by atoms with Crippen LogP contribution in [0, 0.1) is 0 Å². The SMILES string of the molecule is O=C(O)c1nnn(CCCN2CCCC2)c1-c1cccs1. The molecule has 7 heteroatoms. The molecule has 0 aliphatic carbocycles.